The van der Waals surface area contributed by atoms with Crippen LogP contribution in [0.15, 0.2) is 12.1 Å². The number of carbonyl (C=O) groups excluding carboxylic acids is 2. The Bertz CT molecular complexity index is 548. The van der Waals surface area contributed by atoms with Crippen molar-refractivity contribution in [3.05, 3.63) is 35.1 Å². The van der Waals surface area contributed by atoms with Gasteiger partial charge in [0, 0.05) is 18.2 Å². The Morgan fingerprint density at radius 1 is 1.32 bits per heavy atom. The number of halogens is 3. The summed E-state index contributed by atoms with van der Waals surface area (Å²) in [6.45, 7) is 0.868. The Hall–Kier alpha value is -2.05. The molecule has 1 aromatic carbocycles. The summed E-state index contributed by atoms with van der Waals surface area (Å²) in [6.07, 6.45) is 0. The van der Waals surface area contributed by atoms with Crippen LogP contribution < -0.4 is 5.32 Å². The fraction of sp³-hybridized carbons (Fsp3) is 0.333. The highest BCUT2D eigenvalue weighted by Gasteiger charge is 2.30. The molecule has 19 heavy (non-hydrogen) atoms. The number of amides is 2. The first-order chi connectivity index (χ1) is 8.88. The Morgan fingerprint density at radius 2 is 2.00 bits per heavy atom. The van der Waals surface area contributed by atoms with Crippen LogP contribution in [0.5, 0.6) is 0 Å². The molecule has 0 aromatic heterocycles. The van der Waals surface area contributed by atoms with E-state index in [-0.39, 0.29) is 18.7 Å². The van der Waals surface area contributed by atoms with Crippen molar-refractivity contribution < 1.29 is 22.8 Å². The van der Waals surface area contributed by atoms with Crippen LogP contribution in [0.25, 0.3) is 0 Å². The van der Waals surface area contributed by atoms with Crippen LogP contribution in [-0.4, -0.2) is 29.3 Å². The van der Waals surface area contributed by atoms with E-state index < -0.39 is 35.3 Å². The summed E-state index contributed by atoms with van der Waals surface area (Å²) >= 11 is 0. The summed E-state index contributed by atoms with van der Waals surface area (Å²) in [5.41, 5.74) is -0.298. The van der Waals surface area contributed by atoms with Gasteiger partial charge in [-0.15, -0.1) is 0 Å². The van der Waals surface area contributed by atoms with Crippen LogP contribution in [0.4, 0.5) is 13.2 Å². The smallest absolute Gasteiger partial charge is 0.245 e. The molecule has 1 aromatic rings. The fourth-order valence-corrected chi connectivity index (χ4v) is 1.94. The number of nitrogens with one attached hydrogen (secondary N) is 1. The molecule has 2 rings (SSSR count). The molecule has 0 aliphatic carbocycles. The largest absolute Gasteiger partial charge is 0.343 e. The molecule has 0 radical (unpaired) electrons. The second-order valence-corrected chi connectivity index (χ2v) is 4.34. The molecule has 0 unspecified atom stereocenters. The molecule has 4 nitrogen and oxygen atoms in total. The Kier molecular flexibility index (Phi) is 3.46. The molecule has 1 N–H and O–H groups in total. The fourth-order valence-electron chi connectivity index (χ4n) is 1.94. The summed E-state index contributed by atoms with van der Waals surface area (Å²) in [6, 6.07) is 0.498. The number of nitrogens with zero attached hydrogens (tertiary/aromatic N) is 1. The Balaban J connectivity index is 2.25. The van der Waals surface area contributed by atoms with Crippen molar-refractivity contribution in [3.8, 4) is 0 Å². The molecule has 0 spiro atoms. The molecule has 0 saturated carbocycles. The summed E-state index contributed by atoms with van der Waals surface area (Å²) in [7, 11) is 0. The standard InChI is InChI=1S/C12H11F3N2O2/c1-6-12(19)17(5-10(18)16-6)4-7-2-8(13)3-9(14)11(7)15/h2-3,6H,4-5H2,1H3,(H,16,18)/t6-/m1/s1. The molecule has 1 atom stereocenters. The van der Waals surface area contributed by atoms with Gasteiger partial charge in [0.1, 0.15) is 11.9 Å². The lowest BCUT2D eigenvalue weighted by Gasteiger charge is -2.30. The van der Waals surface area contributed by atoms with Gasteiger partial charge in [-0.1, -0.05) is 0 Å². The molecule has 1 saturated heterocycles. The molecule has 1 heterocycles. The third-order valence-electron chi connectivity index (χ3n) is 2.82. The minimum Gasteiger partial charge on any atom is -0.343 e. The highest BCUT2D eigenvalue weighted by molar-refractivity contribution is 5.94. The van der Waals surface area contributed by atoms with Gasteiger partial charge < -0.3 is 10.2 Å². The first kappa shape index (κ1) is 13.4. The molecule has 1 aliphatic heterocycles. The minimum atomic E-state index is -1.32. The quantitative estimate of drug-likeness (QED) is 0.815. The lowest BCUT2D eigenvalue weighted by molar-refractivity contribution is -0.144. The number of rotatable bonds is 2. The van der Waals surface area contributed by atoms with E-state index in [2.05, 4.69) is 5.32 Å². The first-order valence-electron chi connectivity index (χ1n) is 5.60. The zero-order valence-corrected chi connectivity index (χ0v) is 10.0. The van der Waals surface area contributed by atoms with Gasteiger partial charge in [-0.05, 0) is 13.0 Å². The third kappa shape index (κ3) is 2.69. The lowest BCUT2D eigenvalue weighted by Crippen LogP contribution is -2.56. The highest BCUT2D eigenvalue weighted by atomic mass is 19.2. The number of benzene rings is 1. The normalized spacial score (nSPS) is 19.6. The molecule has 0 bridgehead atoms. The second kappa shape index (κ2) is 4.91. The van der Waals surface area contributed by atoms with E-state index in [1.165, 1.54) is 6.92 Å². The van der Waals surface area contributed by atoms with E-state index in [9.17, 15) is 22.8 Å². The molecule has 102 valence electrons. The summed E-state index contributed by atoms with van der Waals surface area (Å²) in [5.74, 6) is -4.30. The Labute approximate surface area is 107 Å². The predicted molar refractivity (Wildman–Crippen MR) is 59.3 cm³/mol. The molecule has 1 aliphatic rings. The minimum absolute atomic E-state index is 0.263. The van der Waals surface area contributed by atoms with E-state index in [1.54, 1.807) is 0 Å². The van der Waals surface area contributed by atoms with Crippen LogP contribution in [0.3, 0.4) is 0 Å². The van der Waals surface area contributed by atoms with Crippen LogP contribution in [0, 0.1) is 17.5 Å². The van der Waals surface area contributed by atoms with Gasteiger partial charge >= 0.3 is 0 Å². The zero-order valence-electron chi connectivity index (χ0n) is 10.0. The van der Waals surface area contributed by atoms with E-state index in [0.29, 0.717) is 6.07 Å². The van der Waals surface area contributed by atoms with Crippen LogP contribution in [0.1, 0.15) is 12.5 Å². The van der Waals surface area contributed by atoms with Crippen molar-refractivity contribution in [2.45, 2.75) is 19.5 Å². The second-order valence-electron chi connectivity index (χ2n) is 4.34. The van der Waals surface area contributed by atoms with E-state index in [0.717, 1.165) is 11.0 Å². The number of carbonyl (C=O) groups is 2. The van der Waals surface area contributed by atoms with Crippen molar-refractivity contribution in [2.75, 3.05) is 6.54 Å². The first-order valence-corrected chi connectivity index (χ1v) is 5.60. The monoisotopic (exact) mass is 272 g/mol. The highest BCUT2D eigenvalue weighted by Crippen LogP contribution is 2.17. The molecule has 2 amide bonds. The zero-order chi connectivity index (χ0) is 14.2. The van der Waals surface area contributed by atoms with E-state index in [4.69, 9.17) is 0 Å². The number of hydrogen-bond donors (Lipinski definition) is 1. The van der Waals surface area contributed by atoms with Crippen LogP contribution in [-0.2, 0) is 16.1 Å². The van der Waals surface area contributed by atoms with Gasteiger partial charge in [0.05, 0.1) is 6.54 Å². The topological polar surface area (TPSA) is 49.4 Å². The average Bonchev–Trinajstić information content (AvgIpc) is 2.31. The number of hydrogen-bond acceptors (Lipinski definition) is 2. The van der Waals surface area contributed by atoms with Crippen molar-refractivity contribution in [1.29, 1.82) is 0 Å². The summed E-state index contributed by atoms with van der Waals surface area (Å²) in [5, 5.41) is 2.41. The van der Waals surface area contributed by atoms with Gasteiger partial charge in [-0.25, -0.2) is 13.2 Å². The van der Waals surface area contributed by atoms with Gasteiger partial charge in [0.2, 0.25) is 11.8 Å². The molecular weight excluding hydrogens is 261 g/mol. The van der Waals surface area contributed by atoms with Crippen molar-refractivity contribution in [2.24, 2.45) is 0 Å². The maximum Gasteiger partial charge on any atom is 0.245 e. The third-order valence-corrected chi connectivity index (χ3v) is 2.82. The van der Waals surface area contributed by atoms with Gasteiger partial charge in [-0.3, -0.25) is 9.59 Å². The lowest BCUT2D eigenvalue weighted by atomic mass is 10.1. The van der Waals surface area contributed by atoms with Crippen LogP contribution >= 0.6 is 0 Å². The van der Waals surface area contributed by atoms with Crippen LogP contribution in [0.2, 0.25) is 0 Å². The number of piperazine rings is 1. The summed E-state index contributed by atoms with van der Waals surface area (Å²) < 4.78 is 39.5. The van der Waals surface area contributed by atoms with Gasteiger partial charge in [-0.2, -0.15) is 0 Å². The maximum atomic E-state index is 13.5. The predicted octanol–water partition coefficient (Wildman–Crippen LogP) is 0.951. The average molecular weight is 272 g/mol. The summed E-state index contributed by atoms with van der Waals surface area (Å²) in [4.78, 5) is 24.1. The Morgan fingerprint density at radius 3 is 2.68 bits per heavy atom. The molecular formula is C12H11F3N2O2. The molecule has 1 fully saturated rings. The van der Waals surface area contributed by atoms with Crippen molar-refractivity contribution >= 4 is 11.8 Å². The van der Waals surface area contributed by atoms with Gasteiger partial charge in [0.15, 0.2) is 11.6 Å². The SMILES string of the molecule is C[C@H]1NC(=O)CN(Cc2cc(F)cc(F)c2F)C1=O. The van der Waals surface area contributed by atoms with Gasteiger partial charge in [0.25, 0.3) is 0 Å². The molecule has 7 heteroatoms. The van der Waals surface area contributed by atoms with Crippen molar-refractivity contribution in [3.63, 3.8) is 0 Å². The van der Waals surface area contributed by atoms with E-state index in [1.807, 2.05) is 0 Å². The van der Waals surface area contributed by atoms with E-state index >= 15 is 0 Å². The maximum absolute atomic E-state index is 13.5. The van der Waals surface area contributed by atoms with Crippen molar-refractivity contribution in [1.82, 2.24) is 10.2 Å².